The molecule has 104 valence electrons. The largest absolute Gasteiger partial charge is 0.442 e. The molecule has 0 spiro atoms. The first-order valence-electron chi connectivity index (χ1n) is 6.13. The van der Waals surface area contributed by atoms with E-state index in [4.69, 9.17) is 20.3 Å². The molecule has 0 bridgehead atoms. The standard InChI is InChI=1S/C14H11N5O2/c1-8-6-12(18-14(17-8)19-16)21-13-9-4-2-3-5-10(9)20-11(13)7-15/h2-6H,16H2,1H3,(H,17,18,19). The molecule has 7 heteroatoms. The van der Waals surface area contributed by atoms with Gasteiger partial charge in [-0.15, -0.1) is 0 Å². The third kappa shape index (κ3) is 2.35. The number of fused-ring (bicyclic) bond motifs is 1. The number of nitrogens with one attached hydrogen (secondary N) is 1. The van der Waals surface area contributed by atoms with Crippen LogP contribution in [0.1, 0.15) is 11.5 Å². The number of ether oxygens (including phenoxy) is 1. The molecule has 0 fully saturated rings. The quantitative estimate of drug-likeness (QED) is 0.560. The van der Waals surface area contributed by atoms with Gasteiger partial charge in [0.05, 0.1) is 5.39 Å². The van der Waals surface area contributed by atoms with Gasteiger partial charge in [-0.2, -0.15) is 10.2 Å². The van der Waals surface area contributed by atoms with E-state index >= 15 is 0 Å². The first kappa shape index (κ1) is 12.9. The van der Waals surface area contributed by atoms with Crippen LogP contribution in [0.25, 0.3) is 11.0 Å². The Morgan fingerprint density at radius 1 is 1.33 bits per heavy atom. The van der Waals surface area contributed by atoms with Crippen molar-refractivity contribution < 1.29 is 9.15 Å². The van der Waals surface area contributed by atoms with E-state index in [-0.39, 0.29) is 17.6 Å². The van der Waals surface area contributed by atoms with E-state index in [1.165, 1.54) is 0 Å². The topological polar surface area (TPSA) is 110 Å². The summed E-state index contributed by atoms with van der Waals surface area (Å²) in [5.41, 5.74) is 3.62. The van der Waals surface area contributed by atoms with Crippen molar-refractivity contribution in [2.45, 2.75) is 6.92 Å². The molecule has 2 heterocycles. The predicted octanol–water partition coefficient (Wildman–Crippen LogP) is 2.48. The molecule has 2 aromatic heterocycles. The molecule has 3 N–H and O–H groups in total. The lowest BCUT2D eigenvalue weighted by Gasteiger charge is -2.06. The summed E-state index contributed by atoms with van der Waals surface area (Å²) in [6.07, 6.45) is 0. The third-order valence-electron chi connectivity index (χ3n) is 2.82. The molecule has 3 aromatic rings. The van der Waals surface area contributed by atoms with Crippen LogP contribution in [0.15, 0.2) is 34.7 Å². The zero-order valence-corrected chi connectivity index (χ0v) is 11.1. The fourth-order valence-corrected chi connectivity index (χ4v) is 1.96. The third-order valence-corrected chi connectivity index (χ3v) is 2.82. The summed E-state index contributed by atoms with van der Waals surface area (Å²) >= 11 is 0. The van der Waals surface area contributed by atoms with Crippen molar-refractivity contribution in [3.8, 4) is 17.7 Å². The lowest BCUT2D eigenvalue weighted by atomic mass is 10.2. The number of nitrogens with zero attached hydrogens (tertiary/aromatic N) is 3. The van der Waals surface area contributed by atoms with E-state index in [1.807, 2.05) is 24.3 Å². The molecule has 7 nitrogen and oxygen atoms in total. The number of hydrazine groups is 1. The van der Waals surface area contributed by atoms with E-state index in [2.05, 4.69) is 15.4 Å². The van der Waals surface area contributed by atoms with Crippen LogP contribution in [0.4, 0.5) is 5.95 Å². The molecule has 0 amide bonds. The van der Waals surface area contributed by atoms with Crippen molar-refractivity contribution in [3.05, 3.63) is 41.8 Å². The van der Waals surface area contributed by atoms with Crippen LogP contribution >= 0.6 is 0 Å². The maximum atomic E-state index is 9.16. The van der Waals surface area contributed by atoms with Crippen LogP contribution in [0.2, 0.25) is 0 Å². The van der Waals surface area contributed by atoms with Gasteiger partial charge in [0.2, 0.25) is 17.6 Å². The van der Waals surface area contributed by atoms with E-state index in [1.54, 1.807) is 19.1 Å². The van der Waals surface area contributed by atoms with Crippen LogP contribution in [-0.4, -0.2) is 9.97 Å². The average molecular weight is 281 g/mol. The van der Waals surface area contributed by atoms with Crippen molar-refractivity contribution in [3.63, 3.8) is 0 Å². The molecule has 0 saturated carbocycles. The number of anilines is 1. The van der Waals surface area contributed by atoms with Crippen LogP contribution in [0, 0.1) is 18.3 Å². The monoisotopic (exact) mass is 281 g/mol. The lowest BCUT2D eigenvalue weighted by Crippen LogP contribution is -2.11. The Kier molecular flexibility index (Phi) is 3.14. The molecular weight excluding hydrogens is 270 g/mol. The summed E-state index contributed by atoms with van der Waals surface area (Å²) < 4.78 is 11.2. The first-order chi connectivity index (χ1) is 10.2. The number of nitrogens with two attached hydrogens (primary N) is 1. The molecule has 0 unspecified atom stereocenters. The Morgan fingerprint density at radius 2 is 2.14 bits per heavy atom. The molecule has 0 aliphatic carbocycles. The Labute approximate surface area is 119 Å². The number of benzene rings is 1. The summed E-state index contributed by atoms with van der Waals surface area (Å²) in [6.45, 7) is 1.79. The Bertz CT molecular complexity index is 850. The van der Waals surface area contributed by atoms with Gasteiger partial charge in [-0.25, -0.2) is 10.8 Å². The molecule has 0 radical (unpaired) electrons. The minimum Gasteiger partial charge on any atom is -0.442 e. The molecule has 0 atom stereocenters. The van der Waals surface area contributed by atoms with Gasteiger partial charge in [-0.1, -0.05) is 12.1 Å². The second kappa shape index (κ2) is 5.11. The van der Waals surface area contributed by atoms with E-state index in [0.717, 1.165) is 0 Å². The Morgan fingerprint density at radius 3 is 2.90 bits per heavy atom. The van der Waals surface area contributed by atoms with Crippen LogP contribution in [0.5, 0.6) is 11.6 Å². The summed E-state index contributed by atoms with van der Waals surface area (Å²) in [7, 11) is 0. The number of furan rings is 1. The number of nitrogen functional groups attached to an aromatic ring is 1. The van der Waals surface area contributed by atoms with Gasteiger partial charge in [0, 0.05) is 11.8 Å². The molecule has 21 heavy (non-hydrogen) atoms. The first-order valence-corrected chi connectivity index (χ1v) is 6.13. The van der Waals surface area contributed by atoms with Crippen molar-refractivity contribution in [2.75, 3.05) is 5.43 Å². The maximum absolute atomic E-state index is 9.16. The summed E-state index contributed by atoms with van der Waals surface area (Å²) in [5, 5.41) is 9.87. The molecule has 0 saturated heterocycles. The fourth-order valence-electron chi connectivity index (χ4n) is 1.96. The average Bonchev–Trinajstić information content (AvgIpc) is 2.85. The molecule has 0 aliphatic heterocycles. The van der Waals surface area contributed by atoms with Crippen LogP contribution in [-0.2, 0) is 0 Å². The van der Waals surface area contributed by atoms with Gasteiger partial charge in [-0.05, 0) is 19.1 Å². The van der Waals surface area contributed by atoms with E-state index < -0.39 is 0 Å². The number of para-hydroxylation sites is 1. The number of rotatable bonds is 3. The zero-order valence-electron chi connectivity index (χ0n) is 11.1. The zero-order chi connectivity index (χ0) is 14.8. The summed E-state index contributed by atoms with van der Waals surface area (Å²) in [4.78, 5) is 8.16. The van der Waals surface area contributed by atoms with Gasteiger partial charge in [0.15, 0.2) is 5.75 Å². The smallest absolute Gasteiger partial charge is 0.247 e. The van der Waals surface area contributed by atoms with Crippen molar-refractivity contribution >= 4 is 16.9 Å². The highest BCUT2D eigenvalue weighted by atomic mass is 16.5. The highest BCUT2D eigenvalue weighted by molar-refractivity contribution is 5.86. The van der Waals surface area contributed by atoms with Gasteiger partial charge >= 0.3 is 0 Å². The fraction of sp³-hybridized carbons (Fsp3) is 0.0714. The highest BCUT2D eigenvalue weighted by Crippen LogP contribution is 2.35. The second-order valence-electron chi connectivity index (χ2n) is 4.29. The summed E-state index contributed by atoms with van der Waals surface area (Å²) in [6, 6.07) is 10.9. The van der Waals surface area contributed by atoms with Crippen LogP contribution in [0.3, 0.4) is 0 Å². The number of hydrogen-bond donors (Lipinski definition) is 2. The van der Waals surface area contributed by atoms with E-state index in [9.17, 15) is 0 Å². The van der Waals surface area contributed by atoms with Gasteiger partial charge in [0.25, 0.3) is 0 Å². The Balaban J connectivity index is 2.09. The normalized spacial score (nSPS) is 10.3. The molecule has 3 rings (SSSR count). The number of nitriles is 1. The molecule has 1 aromatic carbocycles. The van der Waals surface area contributed by atoms with E-state index in [0.29, 0.717) is 22.4 Å². The van der Waals surface area contributed by atoms with Crippen molar-refractivity contribution in [2.24, 2.45) is 5.84 Å². The highest BCUT2D eigenvalue weighted by Gasteiger charge is 2.17. The maximum Gasteiger partial charge on any atom is 0.247 e. The minimum absolute atomic E-state index is 0.0923. The molecular formula is C14H11N5O2. The predicted molar refractivity (Wildman–Crippen MR) is 75.6 cm³/mol. The van der Waals surface area contributed by atoms with Crippen molar-refractivity contribution in [1.29, 1.82) is 5.26 Å². The van der Waals surface area contributed by atoms with Gasteiger partial charge < -0.3 is 9.15 Å². The lowest BCUT2D eigenvalue weighted by molar-refractivity contribution is 0.449. The van der Waals surface area contributed by atoms with Crippen molar-refractivity contribution in [1.82, 2.24) is 9.97 Å². The minimum atomic E-state index is 0.0923. The number of aromatic nitrogens is 2. The second-order valence-corrected chi connectivity index (χ2v) is 4.29. The van der Waals surface area contributed by atoms with Gasteiger partial charge in [-0.3, -0.25) is 5.43 Å². The SMILES string of the molecule is Cc1cc(Oc2c(C#N)oc3ccccc23)nc(NN)n1. The number of aryl methyl sites for hydroxylation is 1. The van der Waals surface area contributed by atoms with Crippen LogP contribution < -0.4 is 16.0 Å². The molecule has 0 aliphatic rings. The Hall–Kier alpha value is -3.11. The number of hydrogen-bond acceptors (Lipinski definition) is 7. The summed E-state index contributed by atoms with van der Waals surface area (Å²) in [5.74, 6) is 6.24. The van der Waals surface area contributed by atoms with Gasteiger partial charge in [0.1, 0.15) is 11.7 Å².